The van der Waals surface area contributed by atoms with Gasteiger partial charge in [-0.05, 0) is 41.1 Å². The van der Waals surface area contributed by atoms with Crippen LogP contribution in [0.4, 0.5) is 0 Å². The molecule has 1 aromatic heterocycles. The second kappa shape index (κ2) is 7.95. The predicted octanol–water partition coefficient (Wildman–Crippen LogP) is 4.61. The molecule has 0 aliphatic carbocycles. The normalized spacial score (nSPS) is 12.0. The molecule has 23 heavy (non-hydrogen) atoms. The molecule has 118 valence electrons. The number of rotatable bonds is 7. The monoisotopic (exact) mass is 323 g/mol. The predicted molar refractivity (Wildman–Crippen MR) is 97.0 cm³/mol. The number of nitrogens with two attached hydrogens (primary N) is 1. The lowest BCUT2D eigenvalue weighted by atomic mass is 9.98. The van der Waals surface area contributed by atoms with Gasteiger partial charge in [0.1, 0.15) is 12.4 Å². The van der Waals surface area contributed by atoms with Crippen molar-refractivity contribution in [3.8, 4) is 5.75 Å². The summed E-state index contributed by atoms with van der Waals surface area (Å²) in [6, 6.07) is 22.8. The second-order valence-corrected chi connectivity index (χ2v) is 6.55. The van der Waals surface area contributed by atoms with Crippen molar-refractivity contribution in [2.75, 3.05) is 6.54 Å². The summed E-state index contributed by atoms with van der Waals surface area (Å²) < 4.78 is 5.91. The van der Waals surface area contributed by atoms with Crippen LogP contribution in [0.5, 0.6) is 5.75 Å². The molecule has 0 fully saturated rings. The van der Waals surface area contributed by atoms with E-state index in [0.717, 1.165) is 12.2 Å². The van der Waals surface area contributed by atoms with Gasteiger partial charge >= 0.3 is 0 Å². The standard InChI is InChI=1S/C20H21NOS/c21-14-18(20-10-5-11-23-20)12-17-8-4-9-19(13-17)22-15-16-6-2-1-3-7-16/h1-11,13,18H,12,14-15,21H2. The molecule has 2 N–H and O–H groups in total. The van der Waals surface area contributed by atoms with E-state index in [1.165, 1.54) is 16.0 Å². The van der Waals surface area contributed by atoms with Crippen LogP contribution in [0, 0.1) is 0 Å². The molecule has 0 saturated carbocycles. The summed E-state index contributed by atoms with van der Waals surface area (Å²) >= 11 is 1.78. The topological polar surface area (TPSA) is 35.2 Å². The highest BCUT2D eigenvalue weighted by atomic mass is 32.1. The molecule has 0 amide bonds. The fraction of sp³-hybridized carbons (Fsp3) is 0.200. The van der Waals surface area contributed by atoms with E-state index in [0.29, 0.717) is 19.1 Å². The minimum absolute atomic E-state index is 0.374. The van der Waals surface area contributed by atoms with E-state index in [1.54, 1.807) is 11.3 Å². The first-order valence-corrected chi connectivity index (χ1v) is 8.72. The lowest BCUT2D eigenvalue weighted by Crippen LogP contribution is -2.13. The Morgan fingerprint density at radius 1 is 0.913 bits per heavy atom. The molecule has 3 rings (SSSR count). The van der Waals surface area contributed by atoms with Crippen molar-refractivity contribution < 1.29 is 4.74 Å². The first-order valence-electron chi connectivity index (χ1n) is 7.84. The fourth-order valence-corrected chi connectivity index (χ4v) is 3.45. The third-order valence-corrected chi connectivity index (χ3v) is 4.89. The lowest BCUT2D eigenvalue weighted by Gasteiger charge is -2.14. The lowest BCUT2D eigenvalue weighted by molar-refractivity contribution is 0.306. The van der Waals surface area contributed by atoms with E-state index in [-0.39, 0.29) is 0 Å². The highest BCUT2D eigenvalue weighted by molar-refractivity contribution is 7.10. The van der Waals surface area contributed by atoms with Gasteiger partial charge in [0.2, 0.25) is 0 Å². The van der Waals surface area contributed by atoms with Gasteiger partial charge < -0.3 is 10.5 Å². The van der Waals surface area contributed by atoms with Gasteiger partial charge in [-0.3, -0.25) is 0 Å². The third-order valence-electron chi connectivity index (χ3n) is 3.86. The van der Waals surface area contributed by atoms with Crippen LogP contribution in [0.1, 0.15) is 21.9 Å². The van der Waals surface area contributed by atoms with Gasteiger partial charge in [0.25, 0.3) is 0 Å². The van der Waals surface area contributed by atoms with Crippen molar-refractivity contribution in [3.63, 3.8) is 0 Å². The third kappa shape index (κ3) is 4.44. The highest BCUT2D eigenvalue weighted by Crippen LogP contribution is 2.26. The maximum Gasteiger partial charge on any atom is 0.120 e. The number of hydrogen-bond donors (Lipinski definition) is 1. The minimum Gasteiger partial charge on any atom is -0.489 e. The Balaban J connectivity index is 1.65. The summed E-state index contributed by atoms with van der Waals surface area (Å²) in [5.74, 6) is 1.28. The van der Waals surface area contributed by atoms with Gasteiger partial charge in [-0.1, -0.05) is 48.5 Å². The molecule has 0 bridgehead atoms. The van der Waals surface area contributed by atoms with Gasteiger partial charge in [0.15, 0.2) is 0 Å². The van der Waals surface area contributed by atoms with Crippen LogP contribution in [0.25, 0.3) is 0 Å². The smallest absolute Gasteiger partial charge is 0.120 e. The van der Waals surface area contributed by atoms with E-state index < -0.39 is 0 Å². The molecule has 0 saturated heterocycles. The van der Waals surface area contributed by atoms with Crippen LogP contribution in [-0.4, -0.2) is 6.54 Å². The maximum absolute atomic E-state index is 5.96. The molecule has 3 heteroatoms. The maximum atomic E-state index is 5.96. The van der Waals surface area contributed by atoms with E-state index in [2.05, 4.69) is 47.8 Å². The Bertz CT molecular complexity index is 710. The van der Waals surface area contributed by atoms with Crippen LogP contribution in [0.2, 0.25) is 0 Å². The van der Waals surface area contributed by atoms with Crippen molar-refractivity contribution in [1.29, 1.82) is 0 Å². The van der Waals surface area contributed by atoms with Crippen LogP contribution in [-0.2, 0) is 13.0 Å². The quantitative estimate of drug-likeness (QED) is 0.689. The first kappa shape index (κ1) is 15.8. The van der Waals surface area contributed by atoms with Crippen molar-refractivity contribution in [2.45, 2.75) is 18.9 Å². The Kier molecular flexibility index (Phi) is 5.46. The fourth-order valence-electron chi connectivity index (χ4n) is 2.61. The number of benzene rings is 2. The van der Waals surface area contributed by atoms with Gasteiger partial charge in [-0.2, -0.15) is 0 Å². The summed E-state index contributed by atoms with van der Waals surface area (Å²) in [6.07, 6.45) is 0.944. The van der Waals surface area contributed by atoms with Crippen molar-refractivity contribution in [1.82, 2.24) is 0 Å². The van der Waals surface area contributed by atoms with Crippen molar-refractivity contribution in [3.05, 3.63) is 88.1 Å². The molecule has 0 aliphatic rings. The van der Waals surface area contributed by atoms with Crippen molar-refractivity contribution >= 4 is 11.3 Å². The average molecular weight is 323 g/mol. The molecule has 1 atom stereocenters. The van der Waals surface area contributed by atoms with Crippen LogP contribution in [0.3, 0.4) is 0 Å². The second-order valence-electron chi connectivity index (χ2n) is 5.57. The summed E-state index contributed by atoms with van der Waals surface area (Å²) in [4.78, 5) is 1.35. The van der Waals surface area contributed by atoms with E-state index >= 15 is 0 Å². The minimum atomic E-state index is 0.374. The van der Waals surface area contributed by atoms with Crippen LogP contribution < -0.4 is 10.5 Å². The van der Waals surface area contributed by atoms with Gasteiger partial charge in [-0.15, -0.1) is 11.3 Å². The highest BCUT2D eigenvalue weighted by Gasteiger charge is 2.12. The zero-order valence-electron chi connectivity index (χ0n) is 13.0. The van der Waals surface area contributed by atoms with E-state index in [4.69, 9.17) is 10.5 Å². The number of ether oxygens (including phenoxy) is 1. The Labute approximate surface area is 141 Å². The molecule has 1 unspecified atom stereocenters. The van der Waals surface area contributed by atoms with Crippen LogP contribution in [0.15, 0.2) is 72.1 Å². The Morgan fingerprint density at radius 2 is 1.74 bits per heavy atom. The Morgan fingerprint density at radius 3 is 2.48 bits per heavy atom. The van der Waals surface area contributed by atoms with E-state index in [1.807, 2.05) is 24.3 Å². The molecule has 2 nitrogen and oxygen atoms in total. The van der Waals surface area contributed by atoms with Gasteiger partial charge in [0, 0.05) is 17.3 Å². The van der Waals surface area contributed by atoms with Crippen molar-refractivity contribution in [2.24, 2.45) is 5.73 Å². The molecule has 0 spiro atoms. The molecule has 1 heterocycles. The number of thiophene rings is 1. The average Bonchev–Trinajstić information content (AvgIpc) is 3.14. The zero-order chi connectivity index (χ0) is 15.9. The molecule has 2 aromatic carbocycles. The molecular formula is C20H21NOS. The zero-order valence-corrected chi connectivity index (χ0v) is 13.8. The summed E-state index contributed by atoms with van der Waals surface area (Å²) in [5.41, 5.74) is 8.40. The SMILES string of the molecule is NCC(Cc1cccc(OCc2ccccc2)c1)c1cccs1. The summed E-state index contributed by atoms with van der Waals surface area (Å²) in [7, 11) is 0. The molecule has 0 aliphatic heterocycles. The molecule has 3 aromatic rings. The first-order chi connectivity index (χ1) is 11.3. The van der Waals surface area contributed by atoms with Gasteiger partial charge in [-0.25, -0.2) is 0 Å². The molecular weight excluding hydrogens is 302 g/mol. The van der Waals surface area contributed by atoms with E-state index in [9.17, 15) is 0 Å². The summed E-state index contributed by atoms with van der Waals surface area (Å²) in [6.45, 7) is 1.26. The number of hydrogen-bond acceptors (Lipinski definition) is 3. The summed E-state index contributed by atoms with van der Waals surface area (Å²) in [5, 5.41) is 2.11. The van der Waals surface area contributed by atoms with Crippen LogP contribution >= 0.6 is 11.3 Å². The largest absolute Gasteiger partial charge is 0.489 e. The molecule has 0 radical (unpaired) electrons. The van der Waals surface area contributed by atoms with Gasteiger partial charge in [0.05, 0.1) is 0 Å². The Hall–Kier alpha value is -2.10.